The number of nitrogens with zero attached hydrogens (tertiary/aromatic N) is 2. The molecular weight excluding hydrogens is 358 g/mol. The molecule has 0 atom stereocenters. The van der Waals surface area contributed by atoms with Crippen molar-refractivity contribution in [3.05, 3.63) is 108 Å². The maximum Gasteiger partial charge on any atom is 0.337 e. The Bertz CT molecular complexity index is 891. The van der Waals surface area contributed by atoms with Crippen LogP contribution in [0, 0.1) is 0 Å². The molecular formula is C21H19N3O4. The Morgan fingerprint density at radius 1 is 0.857 bits per heavy atom. The van der Waals surface area contributed by atoms with E-state index in [1.165, 1.54) is 6.08 Å². The van der Waals surface area contributed by atoms with Crippen molar-refractivity contribution in [3.63, 3.8) is 0 Å². The smallest absolute Gasteiger partial charge is 0.337 e. The third-order valence-electron chi connectivity index (χ3n) is 3.18. The number of benzene rings is 1. The number of hydrogen-bond donors (Lipinski definition) is 2. The van der Waals surface area contributed by atoms with Crippen molar-refractivity contribution in [2.75, 3.05) is 0 Å². The third kappa shape index (κ3) is 7.94. The molecule has 1 heterocycles. The average molecular weight is 377 g/mol. The van der Waals surface area contributed by atoms with Crippen LogP contribution in [0.4, 0.5) is 0 Å². The first-order chi connectivity index (χ1) is 13.8. The lowest BCUT2D eigenvalue weighted by molar-refractivity contribution is -0.259. The van der Waals surface area contributed by atoms with Crippen LogP contribution in [0.2, 0.25) is 0 Å². The predicted molar refractivity (Wildman–Crippen MR) is 107 cm³/mol. The Balaban J connectivity index is 2.18. The number of aliphatic carboxylic acids is 1. The zero-order valence-electron chi connectivity index (χ0n) is 14.9. The van der Waals surface area contributed by atoms with Gasteiger partial charge in [-0.25, -0.2) is 4.79 Å². The van der Waals surface area contributed by atoms with Gasteiger partial charge in [0, 0.05) is 5.56 Å². The fourth-order valence-corrected chi connectivity index (χ4v) is 1.89. The lowest BCUT2D eigenvalue weighted by Crippen LogP contribution is -2.10. The van der Waals surface area contributed by atoms with Crippen LogP contribution in [0.5, 0.6) is 5.75 Å². The summed E-state index contributed by atoms with van der Waals surface area (Å²) in [7, 11) is 0. The molecule has 0 bridgehead atoms. The van der Waals surface area contributed by atoms with E-state index in [1.54, 1.807) is 30.4 Å². The summed E-state index contributed by atoms with van der Waals surface area (Å²) in [5.74, 6) is -0.667. The number of carboxylic acids is 1. The zero-order chi connectivity index (χ0) is 19.9. The van der Waals surface area contributed by atoms with Crippen LogP contribution in [-0.2, 0) is 9.78 Å². The summed E-state index contributed by atoms with van der Waals surface area (Å²) in [6.07, 6.45) is 22.5. The molecule has 0 aliphatic carbocycles. The highest BCUT2D eigenvalue weighted by Gasteiger charge is 2.02. The highest BCUT2D eigenvalue weighted by Crippen LogP contribution is 2.19. The summed E-state index contributed by atoms with van der Waals surface area (Å²) in [6.45, 7) is 0. The summed E-state index contributed by atoms with van der Waals surface area (Å²) in [5, 5.41) is 16.2. The maximum absolute atomic E-state index is 11.2. The molecule has 2 N–H and O–H groups in total. The first-order valence-corrected chi connectivity index (χ1v) is 8.29. The standard InChI is InChI=1S/C21H19N3O4/c25-21(26)19-15-10-8-6-4-2-1-3-5-7-9-13-18-14-11-12-16-20(18)27-28-24-23-22-17-19/h1-17H,(H,22,24)(H,25,26)/b3-1-,4-2-,7-5-,8-6-,13-9-,15-10?,19-17?. The molecule has 0 fully saturated rings. The van der Waals surface area contributed by atoms with Crippen LogP contribution in [0.15, 0.2) is 113 Å². The Hall–Kier alpha value is -3.97. The van der Waals surface area contributed by atoms with Gasteiger partial charge in [-0.3, -0.25) is 0 Å². The van der Waals surface area contributed by atoms with Gasteiger partial charge in [-0.2, -0.15) is 0 Å². The molecule has 28 heavy (non-hydrogen) atoms. The van der Waals surface area contributed by atoms with Crippen molar-refractivity contribution in [1.82, 2.24) is 5.59 Å². The molecule has 1 aromatic carbocycles. The summed E-state index contributed by atoms with van der Waals surface area (Å²) in [5.41, 5.74) is 2.87. The first-order valence-electron chi connectivity index (χ1n) is 8.29. The largest absolute Gasteiger partial charge is 0.478 e. The van der Waals surface area contributed by atoms with E-state index in [-0.39, 0.29) is 5.57 Å². The van der Waals surface area contributed by atoms with Crippen LogP contribution in [0.25, 0.3) is 6.08 Å². The van der Waals surface area contributed by atoms with Crippen molar-refractivity contribution in [2.24, 2.45) is 10.3 Å². The van der Waals surface area contributed by atoms with Gasteiger partial charge in [0.25, 0.3) is 0 Å². The van der Waals surface area contributed by atoms with E-state index in [2.05, 4.69) is 15.9 Å². The SMILES string of the molecule is O=C(O)C1=CN=NNOOc2ccccc2\C=C/C=C\C=C/C=C\C=C/C=C1. The molecule has 0 saturated carbocycles. The molecule has 142 valence electrons. The second kappa shape index (κ2) is 12.4. The molecule has 1 aliphatic heterocycles. The van der Waals surface area contributed by atoms with E-state index in [4.69, 9.17) is 15.0 Å². The van der Waals surface area contributed by atoms with E-state index in [0.29, 0.717) is 5.75 Å². The molecule has 0 saturated heterocycles. The summed E-state index contributed by atoms with van der Waals surface area (Å²) < 4.78 is 0. The number of allylic oxidation sites excluding steroid dienone is 10. The van der Waals surface area contributed by atoms with Gasteiger partial charge in [0.05, 0.1) is 11.8 Å². The fraction of sp³-hybridized carbons (Fsp3) is 0. The number of rotatable bonds is 1. The lowest BCUT2D eigenvalue weighted by atomic mass is 10.2. The van der Waals surface area contributed by atoms with Crippen LogP contribution in [-0.4, -0.2) is 11.1 Å². The van der Waals surface area contributed by atoms with E-state index in [1.807, 2.05) is 60.7 Å². The van der Waals surface area contributed by atoms with Crippen molar-refractivity contribution in [2.45, 2.75) is 0 Å². The highest BCUT2D eigenvalue weighted by atomic mass is 17.3. The maximum atomic E-state index is 11.2. The molecule has 7 heteroatoms. The number of hydrogen-bond acceptors (Lipinski definition) is 6. The van der Waals surface area contributed by atoms with E-state index in [9.17, 15) is 4.79 Å². The lowest BCUT2D eigenvalue weighted by Gasteiger charge is -2.04. The second-order valence-corrected chi connectivity index (χ2v) is 5.16. The van der Waals surface area contributed by atoms with Crippen molar-refractivity contribution >= 4 is 12.0 Å². The van der Waals surface area contributed by atoms with Crippen molar-refractivity contribution in [3.8, 4) is 5.75 Å². The van der Waals surface area contributed by atoms with Gasteiger partial charge in [0.1, 0.15) is 0 Å². The molecule has 0 aromatic heterocycles. The number of carbonyl (C=O) groups is 1. The third-order valence-corrected chi connectivity index (χ3v) is 3.18. The number of nitrogens with one attached hydrogen (secondary N) is 1. The minimum atomic E-state index is -1.13. The molecule has 0 spiro atoms. The quantitative estimate of drug-likeness (QED) is 0.695. The average Bonchev–Trinajstić information content (AvgIpc) is 2.69. The van der Waals surface area contributed by atoms with Gasteiger partial charge < -0.3 is 9.99 Å². The van der Waals surface area contributed by atoms with Gasteiger partial charge in [0.2, 0.25) is 0 Å². The zero-order valence-corrected chi connectivity index (χ0v) is 14.9. The molecule has 0 amide bonds. The molecule has 7 nitrogen and oxygen atoms in total. The minimum absolute atomic E-state index is 0.0495. The Morgan fingerprint density at radius 3 is 2.14 bits per heavy atom. The van der Waals surface area contributed by atoms with Gasteiger partial charge >= 0.3 is 5.97 Å². The molecule has 1 aliphatic rings. The van der Waals surface area contributed by atoms with Gasteiger partial charge in [-0.05, 0) is 22.4 Å². The molecule has 0 radical (unpaired) electrons. The van der Waals surface area contributed by atoms with Crippen LogP contribution in [0.3, 0.4) is 0 Å². The van der Waals surface area contributed by atoms with E-state index >= 15 is 0 Å². The van der Waals surface area contributed by atoms with Crippen LogP contribution >= 0.6 is 0 Å². The number of carboxylic acid groups (broad SMARTS) is 1. The summed E-state index contributed by atoms with van der Waals surface area (Å²) in [6, 6.07) is 7.25. The van der Waals surface area contributed by atoms with E-state index in [0.717, 1.165) is 11.8 Å². The molecule has 0 unspecified atom stereocenters. The van der Waals surface area contributed by atoms with Gasteiger partial charge in [0.15, 0.2) is 5.75 Å². The van der Waals surface area contributed by atoms with Crippen LogP contribution < -0.4 is 10.5 Å². The normalized spacial score (nSPS) is 20.8. The van der Waals surface area contributed by atoms with Crippen LogP contribution in [0.1, 0.15) is 5.56 Å². The Labute approximate surface area is 162 Å². The summed E-state index contributed by atoms with van der Waals surface area (Å²) in [4.78, 5) is 21.1. The topological polar surface area (TPSA) is 92.5 Å². The van der Waals surface area contributed by atoms with E-state index < -0.39 is 5.97 Å². The van der Waals surface area contributed by atoms with Crippen molar-refractivity contribution in [1.29, 1.82) is 0 Å². The van der Waals surface area contributed by atoms with Gasteiger partial charge in [-0.1, -0.05) is 85.0 Å². The minimum Gasteiger partial charge on any atom is -0.478 e. The second-order valence-electron chi connectivity index (χ2n) is 5.16. The predicted octanol–water partition coefficient (Wildman–Crippen LogP) is 4.65. The summed E-state index contributed by atoms with van der Waals surface area (Å²) >= 11 is 0. The number of para-hydroxylation sites is 1. The molecule has 1 aromatic rings. The highest BCUT2D eigenvalue weighted by molar-refractivity contribution is 5.89. The number of fused-ring (bicyclic) bond motifs is 1. The Morgan fingerprint density at radius 2 is 1.46 bits per heavy atom. The van der Waals surface area contributed by atoms with Gasteiger partial charge in [-0.15, -0.1) is 10.7 Å². The first kappa shape index (κ1) is 20.3. The van der Waals surface area contributed by atoms with Crippen molar-refractivity contribution < 1.29 is 19.8 Å². The monoisotopic (exact) mass is 377 g/mol. The fourth-order valence-electron chi connectivity index (χ4n) is 1.89. The molecule has 2 rings (SSSR count). The Kier molecular flexibility index (Phi) is 9.00.